The second-order valence-corrected chi connectivity index (χ2v) is 8.35. The molecule has 0 radical (unpaired) electrons. The Bertz CT molecular complexity index is 964. The number of carbonyl (C=O) groups is 1. The van der Waals surface area contributed by atoms with Gasteiger partial charge in [-0.3, -0.25) is 4.79 Å². The minimum absolute atomic E-state index is 0.0847. The number of aliphatic hydroxyl groups excluding tert-OH is 1. The van der Waals surface area contributed by atoms with Crippen LogP contribution < -0.4 is 4.90 Å². The lowest BCUT2D eigenvalue weighted by Gasteiger charge is -2.49. The van der Waals surface area contributed by atoms with E-state index in [-0.39, 0.29) is 11.7 Å². The van der Waals surface area contributed by atoms with Crippen LogP contribution in [0, 0.1) is 0 Å². The molecular formula is C24H21Cl2NO3. The Labute approximate surface area is 185 Å². The van der Waals surface area contributed by atoms with Gasteiger partial charge in [0, 0.05) is 15.7 Å². The Morgan fingerprint density at radius 2 is 1.43 bits per heavy atom. The highest BCUT2D eigenvalue weighted by Crippen LogP contribution is 2.42. The smallest absolute Gasteiger partial charge is 0.237 e. The molecule has 0 saturated carbocycles. The molecule has 4 nitrogen and oxygen atoms in total. The van der Waals surface area contributed by atoms with Crippen LogP contribution in [-0.2, 0) is 11.2 Å². The van der Waals surface area contributed by atoms with E-state index in [1.54, 1.807) is 53.4 Å². The predicted molar refractivity (Wildman–Crippen MR) is 119 cm³/mol. The molecule has 4 rings (SSSR count). The van der Waals surface area contributed by atoms with Crippen LogP contribution in [0.3, 0.4) is 0 Å². The van der Waals surface area contributed by atoms with Crippen LogP contribution in [0.2, 0.25) is 10.0 Å². The summed E-state index contributed by atoms with van der Waals surface area (Å²) in [5, 5.41) is 21.9. The van der Waals surface area contributed by atoms with Gasteiger partial charge in [-0.25, -0.2) is 0 Å². The molecule has 0 spiro atoms. The first-order chi connectivity index (χ1) is 14.4. The van der Waals surface area contributed by atoms with Gasteiger partial charge in [-0.15, -0.1) is 0 Å². The van der Waals surface area contributed by atoms with Crippen molar-refractivity contribution in [2.75, 3.05) is 4.90 Å². The molecule has 0 aliphatic carbocycles. The van der Waals surface area contributed by atoms with Gasteiger partial charge in [-0.2, -0.15) is 0 Å². The molecule has 1 amide bonds. The molecule has 1 aliphatic rings. The molecule has 0 bridgehead atoms. The van der Waals surface area contributed by atoms with E-state index in [4.69, 9.17) is 23.2 Å². The molecule has 1 fully saturated rings. The third kappa shape index (κ3) is 4.17. The summed E-state index contributed by atoms with van der Waals surface area (Å²) in [6.07, 6.45) is 0.436. The number of aryl methyl sites for hydroxylation is 1. The van der Waals surface area contributed by atoms with E-state index in [9.17, 15) is 15.0 Å². The fourth-order valence-electron chi connectivity index (χ4n) is 3.96. The molecule has 0 aromatic heterocycles. The van der Waals surface area contributed by atoms with Gasteiger partial charge in [0.2, 0.25) is 5.91 Å². The van der Waals surface area contributed by atoms with Gasteiger partial charge in [0.25, 0.3) is 0 Å². The van der Waals surface area contributed by atoms with E-state index >= 15 is 0 Å². The summed E-state index contributed by atoms with van der Waals surface area (Å²) in [6, 6.07) is 20.7. The maximum absolute atomic E-state index is 13.1. The molecular weight excluding hydrogens is 421 g/mol. The fourth-order valence-corrected chi connectivity index (χ4v) is 4.21. The summed E-state index contributed by atoms with van der Waals surface area (Å²) < 4.78 is 0. The Kier molecular flexibility index (Phi) is 6.00. The zero-order valence-electron chi connectivity index (χ0n) is 16.1. The highest BCUT2D eigenvalue weighted by molar-refractivity contribution is 6.30. The minimum Gasteiger partial charge on any atom is -0.508 e. The monoisotopic (exact) mass is 441 g/mol. The number of phenols is 1. The standard InChI is InChI=1S/C24H21Cl2NO3/c25-17-6-1-15(2-7-17)3-14-21(29)23-22(16-4-12-20(28)13-5-16)24(30)27(23)19-10-8-18(26)9-11-19/h1-2,4-13,21-23,28-29H,3,14H2/t21?,22-,23-/m1/s1. The summed E-state index contributed by atoms with van der Waals surface area (Å²) in [5.74, 6) is -0.417. The van der Waals surface area contributed by atoms with Crippen LogP contribution in [0.15, 0.2) is 72.8 Å². The van der Waals surface area contributed by atoms with Gasteiger partial charge in [-0.05, 0) is 72.5 Å². The molecule has 30 heavy (non-hydrogen) atoms. The average Bonchev–Trinajstić information content (AvgIpc) is 2.74. The molecule has 6 heteroatoms. The molecule has 1 saturated heterocycles. The molecule has 1 unspecified atom stereocenters. The van der Waals surface area contributed by atoms with Crippen LogP contribution in [0.4, 0.5) is 5.69 Å². The number of aromatic hydroxyl groups is 1. The summed E-state index contributed by atoms with van der Waals surface area (Å²) >= 11 is 11.9. The zero-order chi connectivity index (χ0) is 21.3. The third-order valence-corrected chi connectivity index (χ3v) is 6.04. The number of anilines is 1. The quantitative estimate of drug-likeness (QED) is 0.517. The Morgan fingerprint density at radius 1 is 0.867 bits per heavy atom. The number of amides is 1. The van der Waals surface area contributed by atoms with Crippen molar-refractivity contribution in [1.29, 1.82) is 0 Å². The average molecular weight is 442 g/mol. The molecule has 1 heterocycles. The first-order valence-electron chi connectivity index (χ1n) is 9.74. The maximum atomic E-state index is 13.1. The van der Waals surface area contributed by atoms with E-state index in [0.29, 0.717) is 28.6 Å². The Morgan fingerprint density at radius 3 is 2.03 bits per heavy atom. The number of hydrogen-bond acceptors (Lipinski definition) is 3. The second-order valence-electron chi connectivity index (χ2n) is 7.48. The van der Waals surface area contributed by atoms with Crippen LogP contribution in [0.5, 0.6) is 5.75 Å². The van der Waals surface area contributed by atoms with Crippen molar-refractivity contribution >= 4 is 34.8 Å². The Balaban J connectivity index is 1.58. The molecule has 1 aliphatic heterocycles. The Hall–Kier alpha value is -2.53. The van der Waals surface area contributed by atoms with Crippen molar-refractivity contribution in [3.8, 4) is 5.75 Å². The first kappa shape index (κ1) is 20.7. The summed E-state index contributed by atoms with van der Waals surface area (Å²) in [5.41, 5.74) is 2.55. The van der Waals surface area contributed by atoms with E-state index in [1.807, 2.05) is 24.3 Å². The largest absolute Gasteiger partial charge is 0.508 e. The van der Waals surface area contributed by atoms with E-state index in [1.165, 1.54) is 0 Å². The summed E-state index contributed by atoms with van der Waals surface area (Å²) in [6.45, 7) is 0. The van der Waals surface area contributed by atoms with Crippen molar-refractivity contribution in [1.82, 2.24) is 0 Å². The van der Waals surface area contributed by atoms with Gasteiger partial charge in [0.15, 0.2) is 0 Å². The number of β-lactam (4-membered cyclic amide) rings is 1. The van der Waals surface area contributed by atoms with E-state index in [2.05, 4.69) is 0 Å². The molecule has 154 valence electrons. The van der Waals surface area contributed by atoms with Gasteiger partial charge >= 0.3 is 0 Å². The topological polar surface area (TPSA) is 60.8 Å². The van der Waals surface area contributed by atoms with Gasteiger partial charge < -0.3 is 15.1 Å². The van der Waals surface area contributed by atoms with E-state index in [0.717, 1.165) is 11.1 Å². The fraction of sp³-hybridized carbons (Fsp3) is 0.208. The molecule has 3 aromatic carbocycles. The van der Waals surface area contributed by atoms with Crippen molar-refractivity contribution in [2.45, 2.75) is 30.9 Å². The SMILES string of the molecule is O=C1[C@H](c2ccc(O)cc2)[C@@H](C(O)CCc2ccc(Cl)cc2)N1c1ccc(Cl)cc1. The van der Waals surface area contributed by atoms with Gasteiger partial charge in [0.1, 0.15) is 5.75 Å². The van der Waals surface area contributed by atoms with Crippen LogP contribution in [0.1, 0.15) is 23.5 Å². The summed E-state index contributed by atoms with van der Waals surface area (Å²) in [4.78, 5) is 14.7. The van der Waals surface area contributed by atoms with E-state index < -0.39 is 18.1 Å². The van der Waals surface area contributed by atoms with Crippen molar-refractivity contribution in [2.24, 2.45) is 0 Å². The van der Waals surface area contributed by atoms with Gasteiger partial charge in [-0.1, -0.05) is 47.5 Å². The first-order valence-corrected chi connectivity index (χ1v) is 10.5. The number of benzene rings is 3. The number of rotatable bonds is 6. The van der Waals surface area contributed by atoms with Crippen LogP contribution in [-0.4, -0.2) is 28.3 Å². The normalized spacial score (nSPS) is 19.4. The predicted octanol–water partition coefficient (Wildman–Crippen LogP) is 5.19. The molecule has 3 atom stereocenters. The maximum Gasteiger partial charge on any atom is 0.237 e. The zero-order valence-corrected chi connectivity index (χ0v) is 17.6. The number of hydrogen-bond donors (Lipinski definition) is 2. The number of phenolic OH excluding ortho intramolecular Hbond substituents is 1. The molecule has 3 aromatic rings. The summed E-state index contributed by atoms with van der Waals surface area (Å²) in [7, 11) is 0. The number of nitrogens with zero attached hydrogens (tertiary/aromatic N) is 1. The van der Waals surface area contributed by atoms with Crippen molar-refractivity contribution in [3.05, 3.63) is 94.0 Å². The number of halogens is 2. The molecule has 2 N–H and O–H groups in total. The third-order valence-electron chi connectivity index (χ3n) is 5.54. The highest BCUT2D eigenvalue weighted by atomic mass is 35.5. The van der Waals surface area contributed by atoms with Gasteiger partial charge in [0.05, 0.1) is 18.1 Å². The lowest BCUT2D eigenvalue weighted by atomic mass is 9.77. The van der Waals surface area contributed by atoms with Crippen molar-refractivity contribution in [3.63, 3.8) is 0 Å². The second kappa shape index (κ2) is 8.68. The minimum atomic E-state index is -0.729. The van der Waals surface area contributed by atoms with Crippen LogP contribution >= 0.6 is 23.2 Å². The van der Waals surface area contributed by atoms with Crippen LogP contribution in [0.25, 0.3) is 0 Å². The lowest BCUT2D eigenvalue weighted by molar-refractivity contribution is -0.129. The lowest BCUT2D eigenvalue weighted by Crippen LogP contribution is -2.64. The highest BCUT2D eigenvalue weighted by Gasteiger charge is 2.51. The number of aliphatic hydroxyl groups is 1. The van der Waals surface area contributed by atoms with Crippen molar-refractivity contribution < 1.29 is 15.0 Å². The number of carbonyl (C=O) groups excluding carboxylic acids is 1.